The highest BCUT2D eigenvalue weighted by molar-refractivity contribution is 6.31. The van der Waals surface area contributed by atoms with E-state index < -0.39 is 40.5 Å². The molecule has 0 saturated heterocycles. The number of nitrogens with zero attached hydrogens (tertiary/aromatic N) is 6. The zero-order valence-corrected chi connectivity index (χ0v) is 69.0. The number of aryl methyl sites for hydroxylation is 6. The molecule has 3 unspecified atom stereocenters. The predicted molar refractivity (Wildman–Crippen MR) is 444 cm³/mol. The molecule has 0 saturated carbocycles. The quantitative estimate of drug-likeness (QED) is 0.0374. The zero-order valence-electron chi connectivity index (χ0n) is 67.5. The number of carbonyl (C=O) groups excluding carboxylic acids is 9. The average molecular weight is 1610 g/mol. The summed E-state index contributed by atoms with van der Waals surface area (Å²) in [6.45, 7) is 25.1. The van der Waals surface area contributed by atoms with Gasteiger partial charge in [-0.3, -0.25) is 63.1 Å². The average Bonchev–Trinajstić information content (AvgIpc) is 1.58. The third kappa shape index (κ3) is 21.6. The number of ketones is 3. The Morgan fingerprint density at radius 1 is 0.483 bits per heavy atom. The minimum Gasteiger partial charge on any atom is -0.430 e. The SMILES string of the molecule is CCCC(=O)OC1=C(c2c(C)cc(-n3cc(Cl)cn3)cc2C)C(=O)C(CCNC(=O)c2ccccn2)C1.CCc1cc(-c2ccc(F)cc2)cc(C)c1C1=C(OC(=O)C(C)(C)C)CC(CCNC(=O)c2ccccn2)C1=O.Cc1cc(-c2ccc(Cl)cn2)cc(C)c1C1=C(OC(=O)C(C)(C)C)CC(CCNC(=O)c2ccccn2)C1=O. The van der Waals surface area contributed by atoms with Crippen LogP contribution >= 0.6 is 23.2 Å². The fraction of sp³-hybridized carbons (Fsp3) is 0.326. The van der Waals surface area contributed by atoms with Gasteiger partial charge in [0.25, 0.3) is 17.7 Å². The van der Waals surface area contributed by atoms with Crippen LogP contribution in [0.15, 0.2) is 182 Å². The van der Waals surface area contributed by atoms with E-state index in [9.17, 15) is 47.5 Å². The fourth-order valence-electron chi connectivity index (χ4n) is 14.1. The molecule has 3 aliphatic rings. The lowest BCUT2D eigenvalue weighted by molar-refractivity contribution is -0.149. The first-order chi connectivity index (χ1) is 55.2. The van der Waals surface area contributed by atoms with Crippen LogP contribution in [-0.2, 0) is 49.4 Å². The molecular formula is C92H96Cl2FN9O12. The van der Waals surface area contributed by atoms with Crippen molar-refractivity contribution in [3.8, 4) is 28.1 Å². The van der Waals surface area contributed by atoms with Gasteiger partial charge in [0.05, 0.1) is 55.2 Å². The molecule has 0 fully saturated rings. The van der Waals surface area contributed by atoms with Gasteiger partial charge in [-0.25, -0.2) is 9.07 Å². The summed E-state index contributed by atoms with van der Waals surface area (Å²) in [4.78, 5) is 133. The molecule has 0 aliphatic heterocycles. The highest BCUT2D eigenvalue weighted by Gasteiger charge is 2.42. The summed E-state index contributed by atoms with van der Waals surface area (Å²) in [5.41, 5.74) is 12.6. The van der Waals surface area contributed by atoms with Crippen LogP contribution in [0.3, 0.4) is 0 Å². The first kappa shape index (κ1) is 86.7. The standard InChI is InChI=1S/C33H35FN2O4.C31H32ClN3O4.C28H29ClN4O4/c1-6-21-18-24(22-10-12-25(34)13-11-22)17-20(2)28(21)29-27(40-32(39)33(3,4)5)19-23(30(29)37)14-16-36-31(38)26-9-7-8-15-35-26;1-18-14-21(23-10-9-22(32)17-35-23)15-19(2)26(18)27-25(39-30(38)31(3,4)5)16-20(28(27)36)11-13-34-29(37)24-8-6-7-12-33-24;1-4-7-24(34)37-23-14-19(9-11-31-28(36)22-8-5-6-10-30-22)27(35)26(23)25-17(2)12-21(13-18(25)3)33-16-20(29)15-32-33/h7-13,15,17-18,23H,6,14,16,19H2,1-5H3,(H,36,38);6-10,12,14-15,17,20H,11,13,16H2,1-5H3,(H,34,37);5-6,8,10,12-13,15-16,19H,4,7,9,11,14H2,1-3H3,(H,31,36). The summed E-state index contributed by atoms with van der Waals surface area (Å²) in [6.07, 6.45) is 13.2. The second kappa shape index (κ2) is 38.6. The maximum Gasteiger partial charge on any atom is 0.316 e. The lowest BCUT2D eigenvalue weighted by Gasteiger charge is -2.19. The normalized spacial score (nSPS) is 15.3. The summed E-state index contributed by atoms with van der Waals surface area (Å²) in [6, 6.07) is 37.1. The maximum atomic E-state index is 13.9. The van der Waals surface area contributed by atoms with Gasteiger partial charge in [0.2, 0.25) is 0 Å². The molecular weight excluding hydrogens is 1510 g/mol. The molecule has 0 radical (unpaired) electrons. The van der Waals surface area contributed by atoms with Gasteiger partial charge in [0, 0.05) is 99.6 Å². The molecule has 3 atom stereocenters. The molecule has 5 heterocycles. The van der Waals surface area contributed by atoms with Crippen molar-refractivity contribution in [2.75, 3.05) is 19.6 Å². The minimum atomic E-state index is -0.745. The van der Waals surface area contributed by atoms with E-state index in [2.05, 4.69) is 41.0 Å². The molecule has 12 rings (SSSR count). The molecule has 3 N–H and O–H groups in total. The number of amides is 3. The van der Waals surface area contributed by atoms with Crippen LogP contribution in [0.2, 0.25) is 10.0 Å². The maximum absolute atomic E-state index is 13.9. The van der Waals surface area contributed by atoms with E-state index in [0.717, 1.165) is 78.1 Å². The highest BCUT2D eigenvalue weighted by Crippen LogP contribution is 2.45. The third-order valence-electron chi connectivity index (χ3n) is 20.0. The van der Waals surface area contributed by atoms with Gasteiger partial charge in [-0.1, -0.05) is 79.5 Å². The van der Waals surface area contributed by atoms with E-state index in [-0.39, 0.29) is 72.7 Å². The number of Topliss-reactive ketones (excluding diaryl/α,β-unsaturated/α-hetero) is 3. The van der Waals surface area contributed by atoms with Gasteiger partial charge >= 0.3 is 17.9 Å². The molecule has 116 heavy (non-hydrogen) atoms. The van der Waals surface area contributed by atoms with Crippen LogP contribution in [0.4, 0.5) is 4.39 Å². The van der Waals surface area contributed by atoms with E-state index >= 15 is 0 Å². The van der Waals surface area contributed by atoms with Gasteiger partial charge in [-0.15, -0.1) is 0 Å². The fourth-order valence-corrected chi connectivity index (χ4v) is 14.3. The number of halogens is 3. The number of ether oxygens (including phenoxy) is 3. The molecule has 5 aromatic heterocycles. The summed E-state index contributed by atoms with van der Waals surface area (Å²) in [5, 5.41) is 13.8. The monoisotopic (exact) mass is 1610 g/mol. The Morgan fingerprint density at radius 2 is 0.897 bits per heavy atom. The van der Waals surface area contributed by atoms with Crippen molar-refractivity contribution in [2.45, 2.75) is 148 Å². The number of pyridine rings is 4. The molecule has 21 nitrogen and oxygen atoms in total. The number of esters is 3. The van der Waals surface area contributed by atoms with E-state index in [1.807, 2.05) is 90.9 Å². The van der Waals surface area contributed by atoms with Crippen molar-refractivity contribution in [3.05, 3.63) is 265 Å². The van der Waals surface area contributed by atoms with Gasteiger partial charge in [0.15, 0.2) is 17.3 Å². The van der Waals surface area contributed by atoms with Gasteiger partial charge in [0.1, 0.15) is 40.2 Å². The Bertz CT molecular complexity index is 5260. The van der Waals surface area contributed by atoms with E-state index in [0.29, 0.717) is 113 Å². The molecule has 3 aliphatic carbocycles. The van der Waals surface area contributed by atoms with Crippen LogP contribution in [-0.4, -0.2) is 102 Å². The second-order valence-electron chi connectivity index (χ2n) is 31.1. The number of hydrogen-bond acceptors (Lipinski definition) is 17. The van der Waals surface area contributed by atoms with Crippen molar-refractivity contribution >= 4 is 92.9 Å². The van der Waals surface area contributed by atoms with Crippen molar-refractivity contribution in [3.63, 3.8) is 0 Å². The molecule has 9 aromatic rings. The second-order valence-corrected chi connectivity index (χ2v) is 31.9. The number of hydrogen-bond donors (Lipinski definition) is 3. The van der Waals surface area contributed by atoms with Crippen LogP contribution in [0.5, 0.6) is 0 Å². The van der Waals surface area contributed by atoms with Crippen LogP contribution in [0.25, 0.3) is 44.8 Å². The third-order valence-corrected chi connectivity index (χ3v) is 20.4. The molecule has 0 bridgehead atoms. The number of aromatic nitrogens is 6. The van der Waals surface area contributed by atoms with Crippen molar-refractivity contribution in [2.24, 2.45) is 28.6 Å². The Kier molecular flexibility index (Phi) is 28.8. The van der Waals surface area contributed by atoms with E-state index in [1.165, 1.54) is 12.1 Å². The smallest absolute Gasteiger partial charge is 0.316 e. The van der Waals surface area contributed by atoms with E-state index in [4.69, 9.17) is 37.4 Å². The topological polar surface area (TPSA) is 287 Å². The number of benzene rings is 4. The number of allylic oxidation sites excluding steroid dienone is 6. The summed E-state index contributed by atoms with van der Waals surface area (Å²) < 4.78 is 32.7. The molecule has 602 valence electrons. The largest absolute Gasteiger partial charge is 0.430 e. The van der Waals surface area contributed by atoms with Crippen molar-refractivity contribution in [1.29, 1.82) is 0 Å². The molecule has 3 amide bonds. The summed E-state index contributed by atoms with van der Waals surface area (Å²) >= 11 is 12.0. The number of nitrogens with one attached hydrogen (secondary N) is 3. The lowest BCUT2D eigenvalue weighted by atomic mass is 9.87. The Hall–Kier alpha value is -11.8. The van der Waals surface area contributed by atoms with Gasteiger partial charge in [-0.2, -0.15) is 5.10 Å². The van der Waals surface area contributed by atoms with Crippen LogP contribution in [0, 0.1) is 69.0 Å². The summed E-state index contributed by atoms with van der Waals surface area (Å²) in [7, 11) is 0. The Labute approximate surface area is 685 Å². The molecule has 4 aromatic carbocycles. The molecule has 24 heteroatoms. The Balaban J connectivity index is 0.000000184. The highest BCUT2D eigenvalue weighted by atomic mass is 35.5. The van der Waals surface area contributed by atoms with Crippen molar-refractivity contribution in [1.82, 2.24) is 45.7 Å². The number of carbonyl (C=O) groups is 9. The predicted octanol–water partition coefficient (Wildman–Crippen LogP) is 17.6. The lowest BCUT2D eigenvalue weighted by Crippen LogP contribution is -2.27. The first-order valence-corrected chi connectivity index (χ1v) is 39.5. The minimum absolute atomic E-state index is 0.0903. The number of rotatable bonds is 24. The molecule has 0 spiro atoms. The van der Waals surface area contributed by atoms with Crippen LogP contribution in [0.1, 0.15) is 188 Å². The Morgan fingerprint density at radius 3 is 1.28 bits per heavy atom. The van der Waals surface area contributed by atoms with Crippen LogP contribution < -0.4 is 16.0 Å². The zero-order chi connectivity index (χ0) is 83.9. The van der Waals surface area contributed by atoms with Gasteiger partial charge < -0.3 is 30.2 Å². The van der Waals surface area contributed by atoms with Gasteiger partial charge in [-0.05, 0) is 254 Å². The van der Waals surface area contributed by atoms with E-state index in [1.54, 1.807) is 156 Å². The summed E-state index contributed by atoms with van der Waals surface area (Å²) in [5.74, 6) is -2.79. The first-order valence-electron chi connectivity index (χ1n) is 38.7. The van der Waals surface area contributed by atoms with Crippen molar-refractivity contribution < 1.29 is 61.8 Å².